The Labute approximate surface area is 63.8 Å². The Kier molecular flexibility index (Phi) is 2.48. The highest BCUT2D eigenvalue weighted by Gasteiger charge is 1.98. The second-order valence-corrected chi connectivity index (χ2v) is 1.95. The molecule has 1 aromatic heterocycles. The molecule has 0 aliphatic carbocycles. The predicted octanol–water partition coefficient (Wildman–Crippen LogP) is 1.47. The first-order valence-corrected chi connectivity index (χ1v) is 3.31. The molecular weight excluding hydrogens is 152 g/mol. The molecule has 54 valence electrons. The Hall–Kier alpha value is -0.800. The van der Waals surface area contributed by atoms with Gasteiger partial charge in [-0.3, -0.25) is 5.21 Å². The van der Waals surface area contributed by atoms with E-state index < -0.39 is 0 Å². The van der Waals surface area contributed by atoms with Crippen LogP contribution in [0.5, 0.6) is 0 Å². The topological polar surface area (TPSA) is 36.4 Å². The fourth-order valence-corrected chi connectivity index (χ4v) is 0.690. The van der Waals surface area contributed by atoms with Gasteiger partial charge in [0.05, 0.1) is 0 Å². The van der Waals surface area contributed by atoms with Crippen LogP contribution in [0.1, 0.15) is 0 Å². The molecule has 0 aliphatic heterocycles. The van der Waals surface area contributed by atoms with Crippen LogP contribution in [0, 0.1) is 0 Å². The summed E-state index contributed by atoms with van der Waals surface area (Å²) >= 11 is 5.32. The van der Waals surface area contributed by atoms with Crippen molar-refractivity contribution >= 4 is 17.4 Å². The molecule has 0 saturated carbocycles. The van der Waals surface area contributed by atoms with E-state index in [1.807, 2.05) is 0 Å². The number of halogens is 1. The summed E-state index contributed by atoms with van der Waals surface area (Å²) in [5.41, 5.74) is 0. The maximum Gasteiger partial charge on any atom is 0.153 e. The van der Waals surface area contributed by atoms with Crippen LogP contribution in [0.2, 0.25) is 0 Å². The highest BCUT2D eigenvalue weighted by molar-refractivity contribution is 6.18. The number of nitrogens with zero attached hydrogens (tertiary/aromatic N) is 2. The van der Waals surface area contributed by atoms with Crippen molar-refractivity contribution in [2.75, 3.05) is 11.1 Å². The molecule has 0 radical (unpaired) electrons. The van der Waals surface area contributed by atoms with Gasteiger partial charge in [0.2, 0.25) is 0 Å². The third kappa shape index (κ3) is 1.59. The standard InChI is InChI=1S/C6H7ClN2O/c7-5-9(10)6-3-1-2-4-8-6/h1-4,10H,5H2. The number of hydrogen-bond donors (Lipinski definition) is 1. The van der Waals surface area contributed by atoms with Gasteiger partial charge in [-0.2, -0.15) is 0 Å². The van der Waals surface area contributed by atoms with Crippen LogP contribution in [-0.2, 0) is 0 Å². The Morgan fingerprint density at radius 2 is 2.40 bits per heavy atom. The fraction of sp³-hybridized carbons (Fsp3) is 0.167. The van der Waals surface area contributed by atoms with Crippen LogP contribution in [0.4, 0.5) is 5.82 Å². The number of anilines is 1. The van der Waals surface area contributed by atoms with E-state index in [-0.39, 0.29) is 6.00 Å². The zero-order valence-corrected chi connectivity index (χ0v) is 5.99. The number of pyridine rings is 1. The average Bonchev–Trinajstić information content (AvgIpc) is 2.05. The first-order chi connectivity index (χ1) is 4.84. The van der Waals surface area contributed by atoms with Crippen LogP contribution in [0.3, 0.4) is 0 Å². The van der Waals surface area contributed by atoms with E-state index in [1.54, 1.807) is 24.4 Å². The molecule has 0 saturated heterocycles. The Morgan fingerprint density at radius 3 is 2.90 bits per heavy atom. The van der Waals surface area contributed by atoms with Gasteiger partial charge in [-0.1, -0.05) is 6.07 Å². The monoisotopic (exact) mass is 158 g/mol. The van der Waals surface area contributed by atoms with Crippen LogP contribution in [0.25, 0.3) is 0 Å². The van der Waals surface area contributed by atoms with E-state index in [0.717, 1.165) is 5.06 Å². The molecule has 1 heterocycles. The number of alkyl halides is 1. The van der Waals surface area contributed by atoms with Crippen molar-refractivity contribution in [1.29, 1.82) is 0 Å². The summed E-state index contributed by atoms with van der Waals surface area (Å²) in [5.74, 6) is 0.456. The van der Waals surface area contributed by atoms with Gasteiger partial charge < -0.3 is 0 Å². The smallest absolute Gasteiger partial charge is 0.153 e. The third-order valence-corrected chi connectivity index (χ3v) is 1.25. The molecule has 0 unspecified atom stereocenters. The van der Waals surface area contributed by atoms with Crippen molar-refractivity contribution in [1.82, 2.24) is 4.98 Å². The predicted molar refractivity (Wildman–Crippen MR) is 39.2 cm³/mol. The van der Waals surface area contributed by atoms with Crippen LogP contribution in [0.15, 0.2) is 24.4 Å². The van der Waals surface area contributed by atoms with E-state index in [2.05, 4.69) is 4.98 Å². The summed E-state index contributed by atoms with van der Waals surface area (Å²) in [4.78, 5) is 3.84. The summed E-state index contributed by atoms with van der Waals surface area (Å²) in [6, 6.07) is 5.24. The van der Waals surface area contributed by atoms with Crippen molar-refractivity contribution in [2.24, 2.45) is 0 Å². The minimum absolute atomic E-state index is 0.0248. The summed E-state index contributed by atoms with van der Waals surface area (Å²) in [5, 5.41) is 9.83. The number of rotatable bonds is 2. The highest BCUT2D eigenvalue weighted by Crippen LogP contribution is 2.05. The van der Waals surface area contributed by atoms with Gasteiger partial charge in [0.25, 0.3) is 0 Å². The lowest BCUT2D eigenvalue weighted by Gasteiger charge is -2.09. The first-order valence-electron chi connectivity index (χ1n) is 2.78. The zero-order valence-electron chi connectivity index (χ0n) is 5.24. The SMILES string of the molecule is ON(CCl)c1ccccn1. The normalized spacial score (nSPS) is 9.40. The lowest BCUT2D eigenvalue weighted by molar-refractivity contribution is 0.269. The Bertz CT molecular complexity index is 192. The fourth-order valence-electron chi connectivity index (χ4n) is 0.568. The zero-order chi connectivity index (χ0) is 7.40. The lowest BCUT2D eigenvalue weighted by atomic mass is 10.5. The van der Waals surface area contributed by atoms with Crippen LogP contribution in [-0.4, -0.2) is 16.2 Å². The van der Waals surface area contributed by atoms with Gasteiger partial charge in [0.15, 0.2) is 5.82 Å². The van der Waals surface area contributed by atoms with Gasteiger partial charge in [-0.25, -0.2) is 10.0 Å². The second-order valence-electron chi connectivity index (χ2n) is 1.71. The van der Waals surface area contributed by atoms with Gasteiger partial charge >= 0.3 is 0 Å². The van der Waals surface area contributed by atoms with E-state index in [4.69, 9.17) is 16.8 Å². The van der Waals surface area contributed by atoms with Gasteiger partial charge in [0, 0.05) is 6.20 Å². The summed E-state index contributed by atoms with van der Waals surface area (Å²) in [6.45, 7) is 0. The minimum Gasteiger partial charge on any atom is -0.286 e. The molecule has 0 bridgehead atoms. The van der Waals surface area contributed by atoms with Gasteiger partial charge in [0.1, 0.15) is 6.00 Å². The van der Waals surface area contributed by atoms with Crippen molar-refractivity contribution < 1.29 is 5.21 Å². The van der Waals surface area contributed by atoms with Crippen LogP contribution >= 0.6 is 11.6 Å². The van der Waals surface area contributed by atoms with Crippen molar-refractivity contribution in [3.63, 3.8) is 0 Å². The molecule has 4 heteroatoms. The first kappa shape index (κ1) is 7.31. The van der Waals surface area contributed by atoms with Gasteiger partial charge in [-0.05, 0) is 12.1 Å². The molecule has 0 aliphatic rings. The number of hydroxylamine groups is 1. The molecule has 3 nitrogen and oxygen atoms in total. The van der Waals surface area contributed by atoms with Crippen molar-refractivity contribution in [3.05, 3.63) is 24.4 Å². The number of hydrogen-bond acceptors (Lipinski definition) is 3. The van der Waals surface area contributed by atoms with E-state index >= 15 is 0 Å². The van der Waals surface area contributed by atoms with Crippen molar-refractivity contribution in [3.8, 4) is 0 Å². The molecule has 0 spiro atoms. The van der Waals surface area contributed by atoms with E-state index in [9.17, 15) is 0 Å². The third-order valence-electron chi connectivity index (χ3n) is 1.03. The summed E-state index contributed by atoms with van der Waals surface area (Å²) in [7, 11) is 0. The van der Waals surface area contributed by atoms with Crippen LogP contribution < -0.4 is 5.06 Å². The molecule has 1 rings (SSSR count). The summed E-state index contributed by atoms with van der Waals surface area (Å²) in [6.07, 6.45) is 1.59. The Morgan fingerprint density at radius 1 is 1.60 bits per heavy atom. The quantitative estimate of drug-likeness (QED) is 0.402. The Balaban J connectivity index is 2.75. The van der Waals surface area contributed by atoms with Gasteiger partial charge in [-0.15, -0.1) is 11.6 Å². The molecule has 0 amide bonds. The molecule has 1 aromatic rings. The molecule has 10 heavy (non-hydrogen) atoms. The molecular formula is C6H7ClN2O. The maximum absolute atomic E-state index is 8.97. The molecule has 0 aromatic carbocycles. The average molecular weight is 159 g/mol. The van der Waals surface area contributed by atoms with E-state index in [0.29, 0.717) is 5.82 Å². The minimum atomic E-state index is 0.0248. The molecule has 0 atom stereocenters. The van der Waals surface area contributed by atoms with Crippen molar-refractivity contribution in [2.45, 2.75) is 0 Å². The highest BCUT2D eigenvalue weighted by atomic mass is 35.5. The number of aromatic nitrogens is 1. The summed E-state index contributed by atoms with van der Waals surface area (Å²) < 4.78 is 0. The largest absolute Gasteiger partial charge is 0.286 e. The maximum atomic E-state index is 8.97. The van der Waals surface area contributed by atoms with E-state index in [1.165, 1.54) is 0 Å². The second kappa shape index (κ2) is 3.39. The molecule has 0 fully saturated rings. The molecule has 1 N–H and O–H groups in total. The lowest BCUT2D eigenvalue weighted by Crippen LogP contribution is -2.16.